The molecule has 0 fully saturated rings. The van der Waals surface area contributed by atoms with Crippen LogP contribution in [0.2, 0.25) is 0 Å². The van der Waals surface area contributed by atoms with Crippen molar-refractivity contribution in [1.82, 2.24) is 0 Å². The monoisotopic (exact) mass is 454 g/mol. The first-order valence-electron chi connectivity index (χ1n) is 11.6. The molecule has 182 valence electrons. The van der Waals surface area contributed by atoms with E-state index in [1.807, 2.05) is 53.7 Å². The summed E-state index contributed by atoms with van der Waals surface area (Å²) < 4.78 is 0. The van der Waals surface area contributed by atoms with Crippen molar-refractivity contribution in [3.63, 3.8) is 0 Å². The Bertz CT molecular complexity index is 1080. The maximum atomic E-state index is 12.6. The number of aromatic hydroxyl groups is 2. The molecule has 33 heavy (non-hydrogen) atoms. The molecule has 4 heteroatoms. The summed E-state index contributed by atoms with van der Waals surface area (Å²) >= 11 is 0. The normalized spacial score (nSPS) is 13.3. The first-order chi connectivity index (χ1) is 14.6. The van der Waals surface area contributed by atoms with Crippen LogP contribution < -0.4 is 0 Å². The van der Waals surface area contributed by atoms with Crippen molar-refractivity contribution in [1.29, 1.82) is 0 Å². The Morgan fingerprint density at radius 3 is 1.52 bits per heavy atom. The Hall–Kier alpha value is -2.49. The summed E-state index contributed by atoms with van der Waals surface area (Å²) in [5.74, 6) is -1.61. The fourth-order valence-electron chi connectivity index (χ4n) is 4.49. The molecule has 0 aromatic heterocycles. The largest absolute Gasteiger partial charge is 0.507 e. The van der Waals surface area contributed by atoms with Gasteiger partial charge in [-0.25, -0.2) is 4.79 Å². The van der Waals surface area contributed by atoms with Crippen molar-refractivity contribution >= 4 is 5.97 Å². The van der Waals surface area contributed by atoms with Crippen molar-refractivity contribution in [2.45, 2.75) is 105 Å². The Balaban J connectivity index is 3.26. The van der Waals surface area contributed by atoms with E-state index in [-0.39, 0.29) is 33.5 Å². The minimum atomic E-state index is -1.21. The molecule has 0 spiro atoms. The van der Waals surface area contributed by atoms with E-state index in [2.05, 4.69) is 47.6 Å². The Morgan fingerprint density at radius 1 is 0.667 bits per heavy atom. The predicted octanol–water partition coefficient (Wildman–Crippen LogP) is 7.65. The third-order valence-electron chi connectivity index (χ3n) is 6.12. The van der Waals surface area contributed by atoms with Gasteiger partial charge in [-0.15, -0.1) is 0 Å². The van der Waals surface area contributed by atoms with Crippen molar-refractivity contribution in [2.75, 3.05) is 0 Å². The SMILES string of the molecule is CC(C)(C)c1ccc(-c2c(C(=O)O)c(O)c(C(C)(C)C)c(O)c2C(C)(C)C)c(C(C)(C)C)c1. The minimum Gasteiger partial charge on any atom is -0.507 e. The summed E-state index contributed by atoms with van der Waals surface area (Å²) in [6, 6.07) is 6.11. The molecule has 0 aliphatic rings. The third kappa shape index (κ3) is 5.05. The molecule has 0 aliphatic heterocycles. The van der Waals surface area contributed by atoms with Crippen LogP contribution in [0, 0.1) is 0 Å². The summed E-state index contributed by atoms with van der Waals surface area (Å²) in [5.41, 5.74) is 2.28. The van der Waals surface area contributed by atoms with Crippen LogP contribution in [0.15, 0.2) is 18.2 Å². The molecule has 4 nitrogen and oxygen atoms in total. The molecule has 0 bridgehead atoms. The molecule has 0 heterocycles. The number of aromatic carboxylic acids is 1. The van der Waals surface area contributed by atoms with Crippen molar-refractivity contribution in [2.24, 2.45) is 0 Å². The second-order valence-electron chi connectivity index (χ2n) is 13.3. The molecule has 2 aromatic rings. The zero-order chi connectivity index (χ0) is 25.9. The van der Waals surface area contributed by atoms with Gasteiger partial charge in [0.15, 0.2) is 0 Å². The fourth-order valence-corrected chi connectivity index (χ4v) is 4.49. The van der Waals surface area contributed by atoms with Gasteiger partial charge in [0.25, 0.3) is 0 Å². The van der Waals surface area contributed by atoms with Crippen molar-refractivity contribution < 1.29 is 20.1 Å². The van der Waals surface area contributed by atoms with Gasteiger partial charge in [0.1, 0.15) is 17.1 Å². The van der Waals surface area contributed by atoms with E-state index in [1.165, 1.54) is 0 Å². The Morgan fingerprint density at radius 2 is 1.15 bits per heavy atom. The topological polar surface area (TPSA) is 77.8 Å². The van der Waals surface area contributed by atoms with Crippen LogP contribution in [0.4, 0.5) is 0 Å². The number of carboxylic acid groups (broad SMARTS) is 1. The second kappa shape index (κ2) is 8.07. The number of phenols is 2. The van der Waals surface area contributed by atoms with Gasteiger partial charge < -0.3 is 15.3 Å². The minimum absolute atomic E-state index is 0.0349. The molecule has 3 N–H and O–H groups in total. The van der Waals surface area contributed by atoms with E-state index >= 15 is 0 Å². The number of carbonyl (C=O) groups is 1. The first kappa shape index (κ1) is 26.8. The Kier molecular flexibility index (Phi) is 6.55. The average molecular weight is 455 g/mol. The summed E-state index contributed by atoms with van der Waals surface area (Å²) in [5, 5.41) is 33.1. The fraction of sp³-hybridized carbons (Fsp3) is 0.552. The molecule has 0 atom stereocenters. The summed E-state index contributed by atoms with van der Waals surface area (Å²) in [7, 11) is 0. The van der Waals surface area contributed by atoms with E-state index in [0.29, 0.717) is 11.1 Å². The number of carboxylic acids is 1. The van der Waals surface area contributed by atoms with E-state index in [4.69, 9.17) is 0 Å². The molecule has 0 saturated carbocycles. The molecule has 2 aromatic carbocycles. The van der Waals surface area contributed by atoms with Crippen LogP contribution in [0.5, 0.6) is 11.5 Å². The van der Waals surface area contributed by atoms with Crippen LogP contribution in [-0.4, -0.2) is 21.3 Å². The van der Waals surface area contributed by atoms with Gasteiger partial charge in [-0.1, -0.05) is 101 Å². The standard InChI is InChI=1S/C29H42O4/c1-26(2,3)16-13-14-17(18(15-16)27(4,5)6)19-20(25(32)33)23(30)22(29(10,11)12)24(31)21(19)28(7,8)9/h13-15,30-31H,1-12H3,(H,32,33). The number of phenolic OH excluding ortho intramolecular Hbond substituents is 1. The van der Waals surface area contributed by atoms with Crippen LogP contribution >= 0.6 is 0 Å². The summed E-state index contributed by atoms with van der Waals surface area (Å²) in [6.07, 6.45) is 0. The van der Waals surface area contributed by atoms with Crippen LogP contribution in [0.3, 0.4) is 0 Å². The highest BCUT2D eigenvalue weighted by Crippen LogP contribution is 2.52. The number of rotatable bonds is 2. The van der Waals surface area contributed by atoms with E-state index in [1.54, 1.807) is 0 Å². The molecule has 0 amide bonds. The lowest BCUT2D eigenvalue weighted by molar-refractivity contribution is 0.0694. The molecule has 0 unspecified atom stereocenters. The lowest BCUT2D eigenvalue weighted by Gasteiger charge is -2.34. The second-order valence-corrected chi connectivity index (χ2v) is 13.3. The van der Waals surface area contributed by atoms with Gasteiger partial charge in [0.05, 0.1) is 0 Å². The molecular weight excluding hydrogens is 412 g/mol. The number of benzene rings is 2. The highest BCUT2D eigenvalue weighted by Gasteiger charge is 2.38. The van der Waals surface area contributed by atoms with Gasteiger partial charge in [-0.05, 0) is 38.4 Å². The highest BCUT2D eigenvalue weighted by molar-refractivity contribution is 6.02. The average Bonchev–Trinajstić information content (AvgIpc) is 2.56. The van der Waals surface area contributed by atoms with Crippen LogP contribution in [-0.2, 0) is 21.7 Å². The number of hydrogen-bond acceptors (Lipinski definition) is 3. The first-order valence-corrected chi connectivity index (χ1v) is 11.6. The molecule has 0 aliphatic carbocycles. The van der Waals surface area contributed by atoms with Crippen molar-refractivity contribution in [3.8, 4) is 22.6 Å². The van der Waals surface area contributed by atoms with E-state index in [9.17, 15) is 20.1 Å². The quantitative estimate of drug-likeness (QED) is 0.435. The molecule has 2 rings (SSSR count). The third-order valence-corrected chi connectivity index (χ3v) is 6.12. The summed E-state index contributed by atoms with van der Waals surface area (Å²) in [4.78, 5) is 12.6. The maximum absolute atomic E-state index is 12.6. The van der Waals surface area contributed by atoms with Gasteiger partial charge in [-0.3, -0.25) is 0 Å². The van der Waals surface area contributed by atoms with Crippen LogP contribution in [0.1, 0.15) is 116 Å². The zero-order valence-electron chi connectivity index (χ0n) is 22.5. The summed E-state index contributed by atoms with van der Waals surface area (Å²) in [6.45, 7) is 24.2. The molecule has 0 radical (unpaired) electrons. The predicted molar refractivity (Wildman–Crippen MR) is 137 cm³/mol. The lowest BCUT2D eigenvalue weighted by Crippen LogP contribution is -2.23. The number of hydrogen-bond donors (Lipinski definition) is 3. The lowest BCUT2D eigenvalue weighted by atomic mass is 9.70. The Labute approximate surface area is 199 Å². The van der Waals surface area contributed by atoms with Gasteiger partial charge in [0.2, 0.25) is 0 Å². The highest BCUT2D eigenvalue weighted by atomic mass is 16.4. The van der Waals surface area contributed by atoms with E-state index in [0.717, 1.165) is 16.7 Å². The smallest absolute Gasteiger partial charge is 0.340 e. The maximum Gasteiger partial charge on any atom is 0.340 e. The van der Waals surface area contributed by atoms with E-state index < -0.39 is 16.8 Å². The zero-order valence-corrected chi connectivity index (χ0v) is 22.5. The molecule has 0 saturated heterocycles. The van der Waals surface area contributed by atoms with Gasteiger partial charge in [-0.2, -0.15) is 0 Å². The molecular formula is C29H42O4. The van der Waals surface area contributed by atoms with Crippen molar-refractivity contribution in [3.05, 3.63) is 46.0 Å². The van der Waals surface area contributed by atoms with Gasteiger partial charge >= 0.3 is 5.97 Å². The van der Waals surface area contributed by atoms with Crippen LogP contribution in [0.25, 0.3) is 11.1 Å². The van der Waals surface area contributed by atoms with Gasteiger partial charge in [0, 0.05) is 16.7 Å².